The zero-order valence-corrected chi connectivity index (χ0v) is 5.80. The van der Waals surface area contributed by atoms with E-state index in [1.54, 1.807) is 0 Å². The summed E-state index contributed by atoms with van der Waals surface area (Å²) in [6, 6.07) is 0. The zero-order valence-electron chi connectivity index (χ0n) is 5.80. The molecule has 1 aliphatic rings. The van der Waals surface area contributed by atoms with Gasteiger partial charge in [-0.3, -0.25) is 5.43 Å². The van der Waals surface area contributed by atoms with Crippen molar-refractivity contribution in [3.63, 3.8) is 0 Å². The van der Waals surface area contributed by atoms with Crippen LogP contribution in [0.4, 0.5) is 4.79 Å². The fourth-order valence-corrected chi connectivity index (χ4v) is 1.19. The monoisotopic (exact) mass is 144 g/mol. The highest BCUT2D eigenvalue weighted by Crippen LogP contribution is 2.20. The molecule has 0 bridgehead atoms. The molecule has 0 heterocycles. The molecule has 58 valence electrons. The molecule has 0 unspecified atom stereocenters. The molecule has 10 heavy (non-hydrogen) atoms. The maximum absolute atomic E-state index is 10.5. The van der Waals surface area contributed by atoms with Crippen LogP contribution < -0.4 is 11.3 Å². The van der Waals surface area contributed by atoms with E-state index < -0.39 is 6.09 Å². The largest absolute Gasteiger partial charge is 0.445 e. The first-order valence-corrected chi connectivity index (χ1v) is 3.50. The van der Waals surface area contributed by atoms with Crippen LogP contribution in [0.1, 0.15) is 25.7 Å². The molecule has 1 amide bonds. The van der Waals surface area contributed by atoms with Gasteiger partial charge in [0.15, 0.2) is 0 Å². The SMILES string of the molecule is NNC(=O)OC1CCCC1. The number of amides is 1. The second-order valence-corrected chi connectivity index (χ2v) is 2.46. The van der Waals surface area contributed by atoms with Crippen LogP contribution in [0.5, 0.6) is 0 Å². The molecule has 1 rings (SSSR count). The Bertz CT molecular complexity index is 121. The molecule has 0 aromatic heterocycles. The Balaban J connectivity index is 2.17. The van der Waals surface area contributed by atoms with Gasteiger partial charge in [-0.25, -0.2) is 10.6 Å². The Morgan fingerprint density at radius 3 is 2.60 bits per heavy atom. The fraction of sp³-hybridized carbons (Fsp3) is 0.833. The van der Waals surface area contributed by atoms with E-state index in [-0.39, 0.29) is 6.10 Å². The van der Waals surface area contributed by atoms with E-state index in [1.165, 1.54) is 0 Å². The maximum atomic E-state index is 10.5. The summed E-state index contributed by atoms with van der Waals surface area (Å²) in [5, 5.41) is 0. The minimum atomic E-state index is -0.521. The van der Waals surface area contributed by atoms with Crippen molar-refractivity contribution in [2.75, 3.05) is 0 Å². The molecular formula is C6H12N2O2. The molecule has 0 aromatic rings. The lowest BCUT2D eigenvalue weighted by Crippen LogP contribution is -2.33. The molecule has 1 saturated carbocycles. The van der Waals surface area contributed by atoms with Gasteiger partial charge in [0.05, 0.1) is 0 Å². The Morgan fingerprint density at radius 2 is 2.10 bits per heavy atom. The molecule has 0 spiro atoms. The van der Waals surface area contributed by atoms with E-state index in [0.717, 1.165) is 25.7 Å². The second-order valence-electron chi connectivity index (χ2n) is 2.46. The van der Waals surface area contributed by atoms with Crippen molar-refractivity contribution in [1.82, 2.24) is 5.43 Å². The third-order valence-corrected chi connectivity index (χ3v) is 1.69. The number of ether oxygens (including phenoxy) is 1. The summed E-state index contributed by atoms with van der Waals surface area (Å²) in [4.78, 5) is 10.5. The highest BCUT2D eigenvalue weighted by atomic mass is 16.6. The van der Waals surface area contributed by atoms with E-state index >= 15 is 0 Å². The molecule has 0 atom stereocenters. The summed E-state index contributed by atoms with van der Waals surface area (Å²) >= 11 is 0. The van der Waals surface area contributed by atoms with Gasteiger partial charge in [0.1, 0.15) is 6.10 Å². The molecule has 3 N–H and O–H groups in total. The normalized spacial score (nSPS) is 18.9. The number of carbonyl (C=O) groups is 1. The topological polar surface area (TPSA) is 64.3 Å². The van der Waals surface area contributed by atoms with Crippen molar-refractivity contribution >= 4 is 6.09 Å². The van der Waals surface area contributed by atoms with E-state index in [0.29, 0.717) is 0 Å². The molecule has 1 aliphatic carbocycles. The van der Waals surface area contributed by atoms with Crippen LogP contribution >= 0.6 is 0 Å². The first-order valence-electron chi connectivity index (χ1n) is 3.50. The quantitative estimate of drug-likeness (QED) is 0.320. The van der Waals surface area contributed by atoms with E-state index in [1.807, 2.05) is 5.43 Å². The predicted octanol–water partition coefficient (Wildman–Crippen LogP) is 0.529. The highest BCUT2D eigenvalue weighted by molar-refractivity contribution is 5.66. The summed E-state index contributed by atoms with van der Waals surface area (Å²) in [6.45, 7) is 0. The summed E-state index contributed by atoms with van der Waals surface area (Å²) in [7, 11) is 0. The first-order chi connectivity index (χ1) is 4.83. The Labute approximate surface area is 59.7 Å². The molecule has 0 aliphatic heterocycles. The molecule has 0 saturated heterocycles. The highest BCUT2D eigenvalue weighted by Gasteiger charge is 2.18. The van der Waals surface area contributed by atoms with Crippen LogP contribution in [0.15, 0.2) is 0 Å². The first kappa shape index (κ1) is 7.34. The van der Waals surface area contributed by atoms with Crippen LogP contribution in [0, 0.1) is 0 Å². The van der Waals surface area contributed by atoms with Crippen LogP contribution in [0.2, 0.25) is 0 Å². The van der Waals surface area contributed by atoms with Gasteiger partial charge < -0.3 is 4.74 Å². The lowest BCUT2D eigenvalue weighted by molar-refractivity contribution is 0.101. The number of nitrogens with one attached hydrogen (secondary N) is 1. The van der Waals surface area contributed by atoms with Crippen molar-refractivity contribution in [3.8, 4) is 0 Å². The molecular weight excluding hydrogens is 132 g/mol. The van der Waals surface area contributed by atoms with Gasteiger partial charge >= 0.3 is 6.09 Å². The van der Waals surface area contributed by atoms with Gasteiger partial charge in [0.2, 0.25) is 0 Å². The summed E-state index contributed by atoms with van der Waals surface area (Å²) in [6.07, 6.45) is 3.85. The van der Waals surface area contributed by atoms with Crippen LogP contribution in [-0.2, 0) is 4.74 Å². The van der Waals surface area contributed by atoms with E-state index in [4.69, 9.17) is 10.6 Å². The van der Waals surface area contributed by atoms with Crippen LogP contribution in [0.3, 0.4) is 0 Å². The average molecular weight is 144 g/mol. The van der Waals surface area contributed by atoms with Crippen molar-refractivity contribution < 1.29 is 9.53 Å². The van der Waals surface area contributed by atoms with Gasteiger partial charge in [0.25, 0.3) is 0 Å². The number of hydrogen-bond acceptors (Lipinski definition) is 3. The predicted molar refractivity (Wildman–Crippen MR) is 36.1 cm³/mol. The molecule has 4 heteroatoms. The molecule has 0 radical (unpaired) electrons. The summed E-state index contributed by atoms with van der Waals surface area (Å²) in [5.74, 6) is 4.83. The smallest absolute Gasteiger partial charge is 0.421 e. The standard InChI is InChI=1S/C6H12N2O2/c7-8-6(9)10-5-3-1-2-4-5/h5H,1-4,7H2,(H,8,9). The number of hydrogen-bond donors (Lipinski definition) is 2. The lowest BCUT2D eigenvalue weighted by Gasteiger charge is -2.09. The summed E-state index contributed by atoms with van der Waals surface area (Å²) < 4.78 is 4.89. The van der Waals surface area contributed by atoms with Gasteiger partial charge in [-0.05, 0) is 25.7 Å². The van der Waals surface area contributed by atoms with Crippen molar-refractivity contribution in [1.29, 1.82) is 0 Å². The minimum absolute atomic E-state index is 0.101. The lowest BCUT2D eigenvalue weighted by atomic mass is 10.3. The average Bonchev–Trinajstić information content (AvgIpc) is 2.40. The van der Waals surface area contributed by atoms with Crippen molar-refractivity contribution in [3.05, 3.63) is 0 Å². The van der Waals surface area contributed by atoms with Gasteiger partial charge in [-0.1, -0.05) is 0 Å². The van der Waals surface area contributed by atoms with Crippen molar-refractivity contribution in [2.24, 2.45) is 5.84 Å². The number of hydrazine groups is 1. The summed E-state index contributed by atoms with van der Waals surface area (Å²) in [5.41, 5.74) is 1.93. The van der Waals surface area contributed by atoms with E-state index in [9.17, 15) is 4.79 Å². The van der Waals surface area contributed by atoms with Crippen LogP contribution in [-0.4, -0.2) is 12.2 Å². The number of nitrogens with two attached hydrogens (primary N) is 1. The van der Waals surface area contributed by atoms with E-state index in [2.05, 4.69) is 0 Å². The third-order valence-electron chi connectivity index (χ3n) is 1.69. The Hall–Kier alpha value is -0.770. The van der Waals surface area contributed by atoms with Gasteiger partial charge in [-0.2, -0.15) is 0 Å². The second kappa shape index (κ2) is 3.41. The Kier molecular flexibility index (Phi) is 2.50. The Morgan fingerprint density at radius 1 is 1.50 bits per heavy atom. The number of rotatable bonds is 1. The fourth-order valence-electron chi connectivity index (χ4n) is 1.19. The molecule has 4 nitrogen and oxygen atoms in total. The van der Waals surface area contributed by atoms with Crippen LogP contribution in [0.25, 0.3) is 0 Å². The maximum Gasteiger partial charge on any atom is 0.421 e. The van der Waals surface area contributed by atoms with Gasteiger partial charge in [0, 0.05) is 0 Å². The van der Waals surface area contributed by atoms with Gasteiger partial charge in [-0.15, -0.1) is 0 Å². The molecule has 0 aromatic carbocycles. The number of carbonyl (C=O) groups excluding carboxylic acids is 1. The molecule has 1 fully saturated rings. The zero-order chi connectivity index (χ0) is 7.40. The van der Waals surface area contributed by atoms with Crippen molar-refractivity contribution in [2.45, 2.75) is 31.8 Å². The minimum Gasteiger partial charge on any atom is -0.445 e. The third kappa shape index (κ3) is 1.88.